The molecule has 0 bridgehead atoms. The summed E-state index contributed by atoms with van der Waals surface area (Å²) in [5.74, 6) is 0. The first-order chi connectivity index (χ1) is 5.25. The van der Waals surface area contributed by atoms with Gasteiger partial charge in [-0.2, -0.15) is 0 Å². The zero-order valence-electron chi connectivity index (χ0n) is 6.19. The fraction of sp³-hybridized carbons (Fsp3) is 0. The van der Waals surface area contributed by atoms with Crippen LogP contribution in [0.5, 0.6) is 0 Å². The highest BCUT2D eigenvalue weighted by Gasteiger charge is 1.92. The van der Waals surface area contributed by atoms with E-state index in [9.17, 15) is 0 Å². The minimum absolute atomic E-state index is 0.419. The summed E-state index contributed by atoms with van der Waals surface area (Å²) in [7, 11) is 0. The van der Waals surface area contributed by atoms with Crippen molar-refractivity contribution in [3.05, 3.63) is 35.5 Å². The van der Waals surface area contributed by atoms with Gasteiger partial charge >= 0.3 is 0 Å². The van der Waals surface area contributed by atoms with Gasteiger partial charge in [-0.05, 0) is 23.6 Å². The van der Waals surface area contributed by atoms with Crippen molar-refractivity contribution in [2.75, 3.05) is 0 Å². The second kappa shape index (κ2) is 2.03. The number of halogens is 1. The van der Waals surface area contributed by atoms with Crippen molar-refractivity contribution in [2.45, 2.75) is 0 Å². The van der Waals surface area contributed by atoms with E-state index >= 15 is 0 Å². The zero-order valence-corrected chi connectivity index (χ0v) is 5.94. The highest BCUT2D eigenvalue weighted by atomic mass is 35.5. The molecule has 1 nitrogen and oxygen atoms in total. The van der Waals surface area contributed by atoms with Gasteiger partial charge in [0.1, 0.15) is 0 Å². The van der Waals surface area contributed by atoms with E-state index in [1.54, 1.807) is 6.07 Å². The monoisotopic (exact) mass is 152 g/mol. The van der Waals surface area contributed by atoms with E-state index in [-0.39, 0.29) is 0 Å². The maximum Gasteiger partial charge on any atom is 0.0816 e. The topological polar surface area (TPSA) is 15.8 Å². The van der Waals surface area contributed by atoms with E-state index in [4.69, 9.17) is 13.0 Å². The normalized spacial score (nSPS) is 11.9. The summed E-state index contributed by atoms with van der Waals surface area (Å²) in [6, 6.07) is 7.30. The smallest absolute Gasteiger partial charge is 0.0816 e. The molecule has 0 saturated carbocycles. The predicted molar refractivity (Wildman–Crippen MR) is 43.3 cm³/mol. The Labute approximate surface area is 65.0 Å². The molecule has 1 aromatic carbocycles. The molecule has 0 aliphatic rings. The molecule has 1 heterocycles. The van der Waals surface area contributed by atoms with Crippen molar-refractivity contribution < 1.29 is 1.37 Å². The lowest BCUT2D eigenvalue weighted by Crippen LogP contribution is -1.65. The molecule has 0 aliphatic carbocycles. The van der Waals surface area contributed by atoms with Crippen molar-refractivity contribution in [3.63, 3.8) is 0 Å². The van der Waals surface area contributed by atoms with E-state index in [0.29, 0.717) is 11.2 Å². The number of benzene rings is 1. The first-order valence-electron chi connectivity index (χ1n) is 3.50. The first-order valence-corrected chi connectivity index (χ1v) is 3.38. The van der Waals surface area contributed by atoms with Crippen LogP contribution in [0.2, 0.25) is 5.02 Å². The second-order valence-corrected chi connectivity index (χ2v) is 2.58. The van der Waals surface area contributed by atoms with E-state index in [0.717, 1.165) is 10.9 Å². The summed E-state index contributed by atoms with van der Waals surface area (Å²) in [6.07, 6.45) is 0.419. The lowest BCUT2D eigenvalue weighted by Gasteiger charge is -1.88. The number of nitrogens with one attached hydrogen (secondary N) is 1. The Hall–Kier alpha value is -0.950. The van der Waals surface area contributed by atoms with Crippen LogP contribution in [0.25, 0.3) is 10.9 Å². The van der Waals surface area contributed by atoms with Crippen LogP contribution in [0.1, 0.15) is 1.37 Å². The SMILES string of the molecule is [2H]c1cc2ccc(Cl)cc2[nH]1. The Bertz CT molecular complexity index is 394. The van der Waals surface area contributed by atoms with Crippen molar-refractivity contribution in [1.29, 1.82) is 0 Å². The third-order valence-corrected chi connectivity index (χ3v) is 1.68. The van der Waals surface area contributed by atoms with E-state index in [1.165, 1.54) is 0 Å². The highest BCUT2D eigenvalue weighted by molar-refractivity contribution is 6.31. The van der Waals surface area contributed by atoms with Crippen LogP contribution in [0, 0.1) is 0 Å². The Morgan fingerprint density at radius 2 is 2.30 bits per heavy atom. The maximum absolute atomic E-state index is 7.30. The molecular weight excluding hydrogens is 146 g/mol. The molecule has 0 unspecified atom stereocenters. The van der Waals surface area contributed by atoms with Crippen molar-refractivity contribution in [2.24, 2.45) is 0 Å². The summed E-state index contributed by atoms with van der Waals surface area (Å²) >= 11 is 5.75. The third-order valence-electron chi connectivity index (χ3n) is 1.45. The largest absolute Gasteiger partial charge is 0.361 e. The molecule has 0 aliphatic heterocycles. The van der Waals surface area contributed by atoms with Crippen LogP contribution in [0.3, 0.4) is 0 Å². The van der Waals surface area contributed by atoms with Gasteiger partial charge < -0.3 is 4.98 Å². The molecule has 0 fully saturated rings. The van der Waals surface area contributed by atoms with Crippen LogP contribution in [0.4, 0.5) is 0 Å². The van der Waals surface area contributed by atoms with Gasteiger partial charge in [-0.1, -0.05) is 17.7 Å². The van der Waals surface area contributed by atoms with Gasteiger partial charge in [-0.25, -0.2) is 0 Å². The summed E-state index contributed by atoms with van der Waals surface area (Å²) < 4.78 is 7.30. The number of hydrogen-bond donors (Lipinski definition) is 1. The second-order valence-electron chi connectivity index (χ2n) is 2.15. The van der Waals surface area contributed by atoms with Crippen LogP contribution < -0.4 is 0 Å². The van der Waals surface area contributed by atoms with E-state index in [1.807, 2.05) is 18.2 Å². The number of aromatic nitrogens is 1. The number of hydrogen-bond acceptors (Lipinski definition) is 0. The molecule has 1 aromatic heterocycles. The van der Waals surface area contributed by atoms with Crippen molar-refractivity contribution in [3.8, 4) is 0 Å². The molecule has 0 atom stereocenters. The van der Waals surface area contributed by atoms with Gasteiger partial charge in [0, 0.05) is 16.7 Å². The standard InChI is InChI=1S/C8H6ClN/c9-7-2-1-6-3-4-10-8(6)5-7/h1-5,10H/i4D. The van der Waals surface area contributed by atoms with Gasteiger partial charge in [0.2, 0.25) is 0 Å². The third kappa shape index (κ3) is 0.792. The zero-order chi connectivity index (χ0) is 7.84. The highest BCUT2D eigenvalue weighted by Crippen LogP contribution is 2.16. The Morgan fingerprint density at radius 1 is 1.40 bits per heavy atom. The number of fused-ring (bicyclic) bond motifs is 1. The molecule has 2 aromatic rings. The Balaban J connectivity index is 2.82. The molecule has 0 radical (unpaired) electrons. The molecule has 0 saturated heterocycles. The van der Waals surface area contributed by atoms with E-state index < -0.39 is 0 Å². The summed E-state index contributed by atoms with van der Waals surface area (Å²) in [5, 5.41) is 1.72. The van der Waals surface area contributed by atoms with Crippen LogP contribution in [-0.2, 0) is 0 Å². The summed E-state index contributed by atoms with van der Waals surface area (Å²) in [4.78, 5) is 2.88. The van der Waals surface area contributed by atoms with Crippen LogP contribution in [-0.4, -0.2) is 4.98 Å². The number of aromatic amines is 1. The number of rotatable bonds is 0. The molecular formula is C8H6ClN. The van der Waals surface area contributed by atoms with Gasteiger partial charge in [0.25, 0.3) is 0 Å². The fourth-order valence-corrected chi connectivity index (χ4v) is 1.13. The van der Waals surface area contributed by atoms with Crippen molar-refractivity contribution in [1.82, 2.24) is 4.98 Å². The fourth-order valence-electron chi connectivity index (χ4n) is 0.954. The molecule has 50 valence electrons. The van der Waals surface area contributed by atoms with Crippen LogP contribution in [0.15, 0.2) is 30.4 Å². The lowest BCUT2D eigenvalue weighted by molar-refractivity contribution is 1.48. The molecule has 2 rings (SSSR count). The average Bonchev–Trinajstić information content (AvgIpc) is 2.27. The molecule has 2 heteroatoms. The molecule has 10 heavy (non-hydrogen) atoms. The molecule has 0 amide bonds. The van der Waals surface area contributed by atoms with Gasteiger partial charge in [-0.3, -0.25) is 0 Å². The molecule has 0 spiro atoms. The van der Waals surface area contributed by atoms with Crippen LogP contribution >= 0.6 is 11.6 Å². The lowest BCUT2D eigenvalue weighted by atomic mass is 10.2. The maximum atomic E-state index is 7.30. The van der Waals surface area contributed by atoms with Gasteiger partial charge in [0.05, 0.1) is 1.37 Å². The van der Waals surface area contributed by atoms with Gasteiger partial charge in [-0.15, -0.1) is 0 Å². The summed E-state index contributed by atoms with van der Waals surface area (Å²) in [6.45, 7) is 0. The first kappa shape index (κ1) is 4.80. The predicted octanol–water partition coefficient (Wildman–Crippen LogP) is 2.82. The van der Waals surface area contributed by atoms with Gasteiger partial charge in [0.15, 0.2) is 0 Å². The van der Waals surface area contributed by atoms with E-state index in [2.05, 4.69) is 4.98 Å². The Kier molecular flexibility index (Phi) is 0.974. The quantitative estimate of drug-likeness (QED) is 0.598. The summed E-state index contributed by atoms with van der Waals surface area (Å²) in [5.41, 5.74) is 0.919. The minimum atomic E-state index is 0.419. The van der Waals surface area contributed by atoms with Crippen molar-refractivity contribution >= 4 is 22.5 Å². The number of H-pyrrole nitrogens is 1. The molecule has 1 N–H and O–H groups in total. The average molecular weight is 153 g/mol. The Morgan fingerprint density at radius 3 is 3.20 bits per heavy atom. The minimum Gasteiger partial charge on any atom is -0.361 e.